The molecule has 12 heavy (non-hydrogen) atoms. The van der Waals surface area contributed by atoms with Gasteiger partial charge in [0.25, 0.3) is 5.91 Å². The smallest absolute Gasteiger partial charge is 0.255 e. The van der Waals surface area contributed by atoms with Crippen LogP contribution in [0.1, 0.15) is 6.42 Å². The van der Waals surface area contributed by atoms with Gasteiger partial charge in [0.1, 0.15) is 0 Å². The van der Waals surface area contributed by atoms with Crippen molar-refractivity contribution in [3.8, 4) is 0 Å². The van der Waals surface area contributed by atoms with Crippen LogP contribution in [0.2, 0.25) is 0 Å². The van der Waals surface area contributed by atoms with Crippen LogP contribution in [-0.2, 0) is 14.4 Å². The molecule has 7 heteroatoms. The minimum absolute atomic E-state index is 1.43. The molecule has 0 aromatic rings. The molecule has 3 N–H and O–H groups in total. The predicted octanol–water partition coefficient (Wildman–Crippen LogP) is -4.91. The molecule has 68 valence electrons. The fraction of sp³-hybridized carbons (Fsp3) is 0.400. The zero-order valence-electron chi connectivity index (χ0n) is 5.77. The van der Waals surface area contributed by atoms with E-state index in [-0.39, 0.29) is 0 Å². The number of aliphatic carboxylic acids is 2. The molecule has 0 radical (unpaired) electrons. The molecule has 0 bridgehead atoms. The molecule has 0 rings (SSSR count). The number of aliphatic hydroxyl groups is 1. The highest BCUT2D eigenvalue weighted by atomic mass is 16.4. The first-order valence-electron chi connectivity index (χ1n) is 2.74. The van der Waals surface area contributed by atoms with Gasteiger partial charge >= 0.3 is 0 Å². The van der Waals surface area contributed by atoms with Crippen molar-refractivity contribution in [3.05, 3.63) is 0 Å². The number of amides is 1. The summed E-state index contributed by atoms with van der Waals surface area (Å²) >= 11 is 0. The van der Waals surface area contributed by atoms with Gasteiger partial charge in [-0.1, -0.05) is 0 Å². The number of carboxylic acids is 2. The van der Waals surface area contributed by atoms with Crippen molar-refractivity contribution in [3.63, 3.8) is 0 Å². The average molecular weight is 175 g/mol. The molecule has 0 aromatic carbocycles. The number of carbonyl (C=O) groups is 3. The summed E-state index contributed by atoms with van der Waals surface area (Å²) in [5.74, 6) is -5.88. The summed E-state index contributed by atoms with van der Waals surface area (Å²) in [6.07, 6.45) is -1.43. The molecule has 0 heterocycles. The minimum Gasteiger partial charge on any atom is -0.550 e. The Labute approximate surface area is 66.4 Å². The zero-order chi connectivity index (χ0) is 9.94. The average Bonchev–Trinajstić information content (AvgIpc) is 1.84. The number of rotatable bonds is 4. The second-order valence-electron chi connectivity index (χ2n) is 2.06. The van der Waals surface area contributed by atoms with Gasteiger partial charge in [0.05, 0.1) is 5.97 Å². The lowest BCUT2D eigenvalue weighted by atomic mass is 10.00. The third-order valence-corrected chi connectivity index (χ3v) is 1.15. The number of carboxylic acid groups (broad SMARTS) is 2. The maximum absolute atomic E-state index is 10.3. The van der Waals surface area contributed by atoms with Gasteiger partial charge in [-0.3, -0.25) is 4.79 Å². The van der Waals surface area contributed by atoms with E-state index in [1.165, 1.54) is 0 Å². The van der Waals surface area contributed by atoms with E-state index in [0.29, 0.717) is 0 Å². The Balaban J connectivity index is 4.75. The first-order valence-corrected chi connectivity index (χ1v) is 2.74. The Kier molecular flexibility index (Phi) is 2.75. The fourth-order valence-corrected chi connectivity index (χ4v) is 0.469. The van der Waals surface area contributed by atoms with Gasteiger partial charge in [-0.2, -0.15) is 0 Å². The summed E-state index contributed by atoms with van der Waals surface area (Å²) in [7, 11) is 0. The quantitative estimate of drug-likeness (QED) is 0.409. The minimum atomic E-state index is -3.20. The molecule has 0 aliphatic rings. The largest absolute Gasteiger partial charge is 0.550 e. The first kappa shape index (κ1) is 10.4. The predicted molar refractivity (Wildman–Crippen MR) is 28.8 cm³/mol. The second kappa shape index (κ2) is 3.18. The Morgan fingerprint density at radius 2 is 1.75 bits per heavy atom. The van der Waals surface area contributed by atoms with Crippen molar-refractivity contribution in [2.45, 2.75) is 12.0 Å². The van der Waals surface area contributed by atoms with Crippen LogP contribution in [0.4, 0.5) is 0 Å². The van der Waals surface area contributed by atoms with Gasteiger partial charge in [0.2, 0.25) is 0 Å². The summed E-state index contributed by atoms with van der Waals surface area (Å²) in [6.45, 7) is 0. The van der Waals surface area contributed by atoms with E-state index >= 15 is 0 Å². The SMILES string of the molecule is NC(=O)C(O)(CC(=O)[O-])C(=O)[O-]. The van der Waals surface area contributed by atoms with Crippen molar-refractivity contribution in [2.75, 3.05) is 0 Å². The normalized spacial score (nSPS) is 14.8. The molecule has 0 fully saturated rings. The van der Waals surface area contributed by atoms with Crippen LogP contribution in [0.25, 0.3) is 0 Å². The van der Waals surface area contributed by atoms with Crippen molar-refractivity contribution < 1.29 is 29.7 Å². The number of primary amides is 1. The lowest BCUT2D eigenvalue weighted by Gasteiger charge is -2.25. The van der Waals surface area contributed by atoms with Crippen LogP contribution in [0, 0.1) is 0 Å². The van der Waals surface area contributed by atoms with E-state index in [0.717, 1.165) is 0 Å². The number of hydrogen-bond acceptors (Lipinski definition) is 6. The maximum atomic E-state index is 10.3. The summed E-state index contributed by atoms with van der Waals surface area (Å²) in [4.78, 5) is 30.2. The van der Waals surface area contributed by atoms with E-state index in [2.05, 4.69) is 5.73 Å². The summed E-state index contributed by atoms with van der Waals surface area (Å²) in [6, 6.07) is 0. The van der Waals surface area contributed by atoms with E-state index in [1.807, 2.05) is 0 Å². The van der Waals surface area contributed by atoms with Crippen molar-refractivity contribution in [1.82, 2.24) is 0 Å². The van der Waals surface area contributed by atoms with Gasteiger partial charge in [-0.05, 0) is 0 Å². The standard InChI is InChI=1S/C5H7NO6/c6-3(9)5(12,4(10)11)1-2(7)8/h12H,1H2,(H2,6,9)(H,7,8)(H,10,11)/p-2. The van der Waals surface area contributed by atoms with E-state index in [1.54, 1.807) is 0 Å². The Morgan fingerprint density at radius 3 is 1.83 bits per heavy atom. The number of hydrogen-bond donors (Lipinski definition) is 2. The molecular formula is C5H5NO6-2. The van der Waals surface area contributed by atoms with Crippen LogP contribution < -0.4 is 15.9 Å². The van der Waals surface area contributed by atoms with Crippen molar-refractivity contribution in [1.29, 1.82) is 0 Å². The van der Waals surface area contributed by atoms with Crippen LogP contribution >= 0.6 is 0 Å². The van der Waals surface area contributed by atoms with E-state index < -0.39 is 29.9 Å². The van der Waals surface area contributed by atoms with E-state index in [4.69, 9.17) is 5.11 Å². The highest BCUT2D eigenvalue weighted by molar-refractivity contribution is 6.05. The van der Waals surface area contributed by atoms with Crippen LogP contribution in [0.5, 0.6) is 0 Å². The van der Waals surface area contributed by atoms with Crippen molar-refractivity contribution in [2.24, 2.45) is 5.73 Å². The topological polar surface area (TPSA) is 144 Å². The Morgan fingerprint density at radius 1 is 1.33 bits per heavy atom. The van der Waals surface area contributed by atoms with Gasteiger partial charge in [-0.15, -0.1) is 0 Å². The number of nitrogens with two attached hydrogens (primary N) is 1. The third-order valence-electron chi connectivity index (χ3n) is 1.15. The molecule has 1 atom stereocenters. The first-order chi connectivity index (χ1) is 5.30. The monoisotopic (exact) mass is 175 g/mol. The molecule has 0 spiro atoms. The molecule has 0 aliphatic carbocycles. The van der Waals surface area contributed by atoms with Crippen LogP contribution in [-0.4, -0.2) is 28.6 Å². The molecule has 0 aromatic heterocycles. The third kappa shape index (κ3) is 1.92. The molecule has 1 amide bonds. The highest BCUT2D eigenvalue weighted by Crippen LogP contribution is 2.07. The molecule has 7 nitrogen and oxygen atoms in total. The van der Waals surface area contributed by atoms with Gasteiger partial charge in [-0.25, -0.2) is 0 Å². The Bertz CT molecular complexity index is 220. The molecule has 0 aliphatic heterocycles. The van der Waals surface area contributed by atoms with Crippen LogP contribution in [0.15, 0.2) is 0 Å². The highest BCUT2D eigenvalue weighted by Gasteiger charge is 2.35. The van der Waals surface area contributed by atoms with Crippen molar-refractivity contribution >= 4 is 17.8 Å². The maximum Gasteiger partial charge on any atom is 0.255 e. The Hall–Kier alpha value is -1.63. The van der Waals surface area contributed by atoms with Crippen LogP contribution in [0.3, 0.4) is 0 Å². The fourth-order valence-electron chi connectivity index (χ4n) is 0.469. The second-order valence-corrected chi connectivity index (χ2v) is 2.06. The lowest BCUT2D eigenvalue weighted by molar-refractivity contribution is -0.330. The number of carbonyl (C=O) groups excluding carboxylic acids is 3. The molecule has 1 unspecified atom stereocenters. The summed E-state index contributed by atoms with van der Waals surface area (Å²) in [5.41, 5.74) is 1.22. The van der Waals surface area contributed by atoms with Gasteiger partial charge in [0, 0.05) is 12.4 Å². The summed E-state index contributed by atoms with van der Waals surface area (Å²) < 4.78 is 0. The molecule has 0 saturated carbocycles. The summed E-state index contributed by atoms with van der Waals surface area (Å²) in [5, 5.41) is 28.7. The molecule has 0 saturated heterocycles. The lowest BCUT2D eigenvalue weighted by Crippen LogP contribution is -2.59. The zero-order valence-corrected chi connectivity index (χ0v) is 5.77. The van der Waals surface area contributed by atoms with Gasteiger partial charge < -0.3 is 30.6 Å². The van der Waals surface area contributed by atoms with E-state index in [9.17, 15) is 24.6 Å². The van der Waals surface area contributed by atoms with Gasteiger partial charge in [0.15, 0.2) is 5.60 Å². The molecular weight excluding hydrogens is 170 g/mol.